The maximum atomic E-state index is 13.4. The van der Waals surface area contributed by atoms with Crippen LogP contribution in [0.15, 0.2) is 90.7 Å². The number of hydrogen-bond donors (Lipinski definition) is 2. The molecule has 8 nitrogen and oxygen atoms in total. The number of fused-ring (bicyclic) bond motifs is 1. The van der Waals surface area contributed by atoms with E-state index in [9.17, 15) is 4.79 Å². The van der Waals surface area contributed by atoms with Gasteiger partial charge in [-0.1, -0.05) is 18.2 Å². The Morgan fingerprint density at radius 3 is 2.55 bits per heavy atom. The minimum absolute atomic E-state index is 0.206. The van der Waals surface area contributed by atoms with Gasteiger partial charge in [-0.2, -0.15) is 4.98 Å². The second kappa shape index (κ2) is 7.83. The van der Waals surface area contributed by atoms with Crippen molar-refractivity contribution in [3.05, 3.63) is 96.2 Å². The van der Waals surface area contributed by atoms with Gasteiger partial charge >= 0.3 is 0 Å². The van der Waals surface area contributed by atoms with Crippen molar-refractivity contribution < 1.29 is 4.79 Å². The molecule has 3 aromatic heterocycles. The monoisotopic (exact) mass is 409 g/mol. The number of nitrogens with zero attached hydrogens (tertiary/aromatic N) is 5. The Hall–Kier alpha value is -4.33. The number of anilines is 2. The van der Waals surface area contributed by atoms with Gasteiger partial charge in [0.15, 0.2) is 5.82 Å². The lowest BCUT2D eigenvalue weighted by atomic mass is 9.96. The third-order valence-corrected chi connectivity index (χ3v) is 5.07. The van der Waals surface area contributed by atoms with Crippen LogP contribution < -0.4 is 10.6 Å². The van der Waals surface area contributed by atoms with E-state index in [1.54, 1.807) is 29.5 Å². The van der Waals surface area contributed by atoms with Crippen LogP contribution in [-0.2, 0) is 4.79 Å². The number of allylic oxidation sites excluding steroid dienone is 1. The molecule has 1 unspecified atom stereocenters. The molecule has 4 heterocycles. The van der Waals surface area contributed by atoms with E-state index in [1.807, 2.05) is 61.5 Å². The Balaban J connectivity index is 1.60. The maximum Gasteiger partial charge on any atom is 0.255 e. The Morgan fingerprint density at radius 1 is 1.00 bits per heavy atom. The molecule has 1 aliphatic heterocycles. The molecule has 1 amide bonds. The zero-order chi connectivity index (χ0) is 21.2. The standard InChI is InChI=1S/C23H19N7O/c1-15-19(22(31)27-18-7-3-2-4-8-18)20(16-9-12-24-13-10-16)30-23(26-15)28-21(29-30)17-6-5-11-25-14-17/h2-14,20H,1H3,(H,27,31)(H,26,28,29). The van der Waals surface area contributed by atoms with Gasteiger partial charge in [0.05, 0.1) is 5.57 Å². The number of benzene rings is 1. The van der Waals surface area contributed by atoms with E-state index in [4.69, 9.17) is 5.10 Å². The van der Waals surface area contributed by atoms with Crippen molar-refractivity contribution >= 4 is 17.5 Å². The molecule has 5 rings (SSSR count). The molecule has 0 saturated carbocycles. The largest absolute Gasteiger partial charge is 0.328 e. The van der Waals surface area contributed by atoms with E-state index in [-0.39, 0.29) is 5.91 Å². The molecule has 0 spiro atoms. The maximum absolute atomic E-state index is 13.4. The normalized spacial score (nSPS) is 15.2. The molecule has 1 aromatic carbocycles. The summed E-state index contributed by atoms with van der Waals surface area (Å²) in [7, 11) is 0. The Bertz CT molecular complexity index is 1250. The zero-order valence-electron chi connectivity index (χ0n) is 16.7. The fourth-order valence-electron chi connectivity index (χ4n) is 3.64. The van der Waals surface area contributed by atoms with E-state index in [0.717, 1.165) is 16.8 Å². The van der Waals surface area contributed by atoms with E-state index in [2.05, 4.69) is 25.6 Å². The van der Waals surface area contributed by atoms with Crippen LogP contribution in [0.2, 0.25) is 0 Å². The first-order valence-corrected chi connectivity index (χ1v) is 9.82. The summed E-state index contributed by atoms with van der Waals surface area (Å²) >= 11 is 0. The molecule has 1 atom stereocenters. The first-order valence-electron chi connectivity index (χ1n) is 9.82. The molecule has 8 heteroatoms. The van der Waals surface area contributed by atoms with Crippen LogP contribution in [0.1, 0.15) is 18.5 Å². The van der Waals surface area contributed by atoms with Crippen molar-refractivity contribution in [2.24, 2.45) is 0 Å². The molecule has 4 aromatic rings. The second-order valence-electron chi connectivity index (χ2n) is 7.11. The Morgan fingerprint density at radius 2 is 1.81 bits per heavy atom. The average molecular weight is 409 g/mol. The van der Waals surface area contributed by atoms with Gasteiger partial charge in [-0.15, -0.1) is 5.10 Å². The van der Waals surface area contributed by atoms with Gasteiger partial charge in [0.25, 0.3) is 5.91 Å². The molecular weight excluding hydrogens is 390 g/mol. The number of carbonyl (C=O) groups excluding carboxylic acids is 1. The van der Waals surface area contributed by atoms with Gasteiger partial charge in [-0.3, -0.25) is 14.8 Å². The van der Waals surface area contributed by atoms with Crippen LogP contribution in [-0.4, -0.2) is 30.6 Å². The summed E-state index contributed by atoms with van der Waals surface area (Å²) in [6.45, 7) is 1.87. The summed E-state index contributed by atoms with van der Waals surface area (Å²) in [6.07, 6.45) is 6.83. The Labute approximate surface area is 178 Å². The van der Waals surface area contributed by atoms with E-state index >= 15 is 0 Å². The number of nitrogens with one attached hydrogen (secondary N) is 2. The molecule has 0 bridgehead atoms. The molecule has 0 aliphatic carbocycles. The summed E-state index contributed by atoms with van der Waals surface area (Å²) in [5.74, 6) is 0.892. The fourth-order valence-corrected chi connectivity index (χ4v) is 3.64. The smallest absolute Gasteiger partial charge is 0.255 e. The molecule has 0 radical (unpaired) electrons. The highest BCUT2D eigenvalue weighted by Gasteiger charge is 2.34. The van der Waals surface area contributed by atoms with Gasteiger partial charge in [-0.25, -0.2) is 4.68 Å². The predicted octanol–water partition coefficient (Wildman–Crippen LogP) is 3.66. The van der Waals surface area contributed by atoms with Crippen molar-refractivity contribution in [1.82, 2.24) is 24.7 Å². The third kappa shape index (κ3) is 3.55. The van der Waals surface area contributed by atoms with Crippen LogP contribution in [0, 0.1) is 0 Å². The predicted molar refractivity (Wildman–Crippen MR) is 117 cm³/mol. The highest BCUT2D eigenvalue weighted by molar-refractivity contribution is 6.06. The van der Waals surface area contributed by atoms with Gasteiger partial charge in [-0.05, 0) is 48.9 Å². The summed E-state index contributed by atoms with van der Waals surface area (Å²) in [4.78, 5) is 26.3. The second-order valence-corrected chi connectivity index (χ2v) is 7.11. The minimum Gasteiger partial charge on any atom is -0.328 e. The van der Waals surface area contributed by atoms with Crippen LogP contribution in [0.25, 0.3) is 11.4 Å². The van der Waals surface area contributed by atoms with Crippen LogP contribution in [0.3, 0.4) is 0 Å². The summed E-state index contributed by atoms with van der Waals surface area (Å²) in [6, 6.07) is 16.4. The molecule has 2 N–H and O–H groups in total. The van der Waals surface area contributed by atoms with Gasteiger partial charge < -0.3 is 10.6 Å². The van der Waals surface area contributed by atoms with Crippen molar-refractivity contribution in [3.8, 4) is 11.4 Å². The van der Waals surface area contributed by atoms with Crippen LogP contribution in [0.5, 0.6) is 0 Å². The summed E-state index contributed by atoms with van der Waals surface area (Å²) < 4.78 is 1.74. The van der Waals surface area contributed by atoms with Crippen molar-refractivity contribution in [3.63, 3.8) is 0 Å². The number of hydrogen-bond acceptors (Lipinski definition) is 6. The van der Waals surface area contributed by atoms with E-state index < -0.39 is 6.04 Å². The number of amides is 1. The topological polar surface area (TPSA) is 97.6 Å². The zero-order valence-corrected chi connectivity index (χ0v) is 16.7. The number of aromatic nitrogens is 5. The fraction of sp³-hybridized carbons (Fsp3) is 0.0870. The average Bonchev–Trinajstić information content (AvgIpc) is 3.23. The minimum atomic E-state index is -0.458. The highest BCUT2D eigenvalue weighted by atomic mass is 16.1. The van der Waals surface area contributed by atoms with Gasteiger partial charge in [0.2, 0.25) is 5.95 Å². The van der Waals surface area contributed by atoms with E-state index in [0.29, 0.717) is 23.0 Å². The summed E-state index contributed by atoms with van der Waals surface area (Å²) in [5, 5.41) is 10.9. The number of rotatable bonds is 4. The number of pyridine rings is 2. The molecule has 31 heavy (non-hydrogen) atoms. The quantitative estimate of drug-likeness (QED) is 0.534. The molecule has 0 saturated heterocycles. The molecular formula is C23H19N7O. The summed E-state index contributed by atoms with van der Waals surface area (Å²) in [5.41, 5.74) is 3.69. The molecule has 1 aliphatic rings. The van der Waals surface area contributed by atoms with Crippen LogP contribution >= 0.6 is 0 Å². The van der Waals surface area contributed by atoms with Crippen LogP contribution in [0.4, 0.5) is 11.6 Å². The SMILES string of the molecule is CC1=C(C(=O)Nc2ccccc2)C(c2ccncc2)n2nc(-c3cccnc3)nc2N1. The lowest BCUT2D eigenvalue weighted by molar-refractivity contribution is -0.113. The lowest BCUT2D eigenvalue weighted by Gasteiger charge is -2.28. The van der Waals surface area contributed by atoms with Crippen molar-refractivity contribution in [2.45, 2.75) is 13.0 Å². The van der Waals surface area contributed by atoms with E-state index in [1.165, 1.54) is 0 Å². The van der Waals surface area contributed by atoms with Gasteiger partial charge in [0.1, 0.15) is 6.04 Å². The first kappa shape index (κ1) is 18.7. The van der Waals surface area contributed by atoms with Crippen molar-refractivity contribution in [1.29, 1.82) is 0 Å². The van der Waals surface area contributed by atoms with Gasteiger partial charge in [0, 0.05) is 41.7 Å². The van der Waals surface area contributed by atoms with Crippen molar-refractivity contribution in [2.75, 3.05) is 10.6 Å². The number of para-hydroxylation sites is 1. The molecule has 0 fully saturated rings. The number of carbonyl (C=O) groups is 1. The highest BCUT2D eigenvalue weighted by Crippen LogP contribution is 2.36. The lowest BCUT2D eigenvalue weighted by Crippen LogP contribution is -2.31. The third-order valence-electron chi connectivity index (χ3n) is 5.07. The molecule has 152 valence electrons. The first-order chi connectivity index (χ1) is 15.2. The Kier molecular flexibility index (Phi) is 4.72.